The Hall–Kier alpha value is -2.43. The molecular formula is C20H26N4O. The van der Waals surface area contributed by atoms with E-state index in [4.69, 9.17) is 0 Å². The molecule has 2 aromatic rings. The summed E-state index contributed by atoms with van der Waals surface area (Å²) in [4.78, 5) is 23.3. The second-order valence-electron chi connectivity index (χ2n) is 6.85. The summed E-state index contributed by atoms with van der Waals surface area (Å²) in [7, 11) is 0. The monoisotopic (exact) mass is 338 g/mol. The normalized spacial score (nSPS) is 16.5. The number of hydrogen-bond donors (Lipinski definition) is 1. The third kappa shape index (κ3) is 4.56. The second kappa shape index (κ2) is 8.10. The van der Waals surface area contributed by atoms with Crippen LogP contribution in [-0.2, 0) is 11.2 Å². The van der Waals surface area contributed by atoms with Crippen LogP contribution in [0.2, 0.25) is 0 Å². The van der Waals surface area contributed by atoms with Crippen LogP contribution >= 0.6 is 0 Å². The van der Waals surface area contributed by atoms with Crippen molar-refractivity contribution in [2.75, 3.05) is 18.0 Å². The van der Waals surface area contributed by atoms with Crippen molar-refractivity contribution in [3.63, 3.8) is 0 Å². The molecule has 1 aromatic carbocycles. The molecule has 5 heteroatoms. The summed E-state index contributed by atoms with van der Waals surface area (Å²) in [5, 5.41) is 3.19. The maximum atomic E-state index is 12.6. The van der Waals surface area contributed by atoms with Crippen LogP contribution in [0.15, 0.2) is 42.7 Å². The van der Waals surface area contributed by atoms with Gasteiger partial charge in [-0.3, -0.25) is 4.79 Å². The molecule has 1 N–H and O–H groups in total. The minimum absolute atomic E-state index is 0.0827. The first-order valence-electron chi connectivity index (χ1n) is 9.00. The van der Waals surface area contributed by atoms with Crippen LogP contribution in [0.3, 0.4) is 0 Å². The molecule has 0 aliphatic carbocycles. The lowest BCUT2D eigenvalue weighted by Gasteiger charge is -2.31. The third-order valence-corrected chi connectivity index (χ3v) is 4.88. The van der Waals surface area contributed by atoms with Gasteiger partial charge in [-0.15, -0.1) is 0 Å². The highest BCUT2D eigenvalue weighted by atomic mass is 16.1. The summed E-state index contributed by atoms with van der Waals surface area (Å²) < 4.78 is 0. The highest BCUT2D eigenvalue weighted by Gasteiger charge is 2.26. The topological polar surface area (TPSA) is 58.1 Å². The van der Waals surface area contributed by atoms with E-state index in [1.165, 1.54) is 11.1 Å². The van der Waals surface area contributed by atoms with E-state index < -0.39 is 0 Å². The summed E-state index contributed by atoms with van der Waals surface area (Å²) in [6.07, 6.45) is 6.08. The number of anilines is 1. The molecule has 1 fully saturated rings. The SMILES string of the molecule is Cc1ccccc1C[C@H](C)NC(=O)C1CCN(c2ncccn2)CC1. The van der Waals surface area contributed by atoms with Gasteiger partial charge in [-0.1, -0.05) is 24.3 Å². The Labute approximate surface area is 149 Å². The molecule has 0 unspecified atom stereocenters. The molecule has 132 valence electrons. The molecule has 0 spiro atoms. The zero-order valence-corrected chi connectivity index (χ0v) is 15.0. The first-order chi connectivity index (χ1) is 12.1. The van der Waals surface area contributed by atoms with Crippen molar-refractivity contribution >= 4 is 11.9 Å². The summed E-state index contributed by atoms with van der Waals surface area (Å²) in [6, 6.07) is 10.3. The number of piperidine rings is 1. The lowest BCUT2D eigenvalue weighted by Crippen LogP contribution is -2.44. The smallest absolute Gasteiger partial charge is 0.225 e. The number of aromatic nitrogens is 2. The molecule has 3 rings (SSSR count). The number of carbonyl (C=O) groups is 1. The second-order valence-corrected chi connectivity index (χ2v) is 6.85. The fourth-order valence-corrected chi connectivity index (χ4v) is 3.38. The number of rotatable bonds is 5. The lowest BCUT2D eigenvalue weighted by atomic mass is 9.95. The van der Waals surface area contributed by atoms with E-state index in [2.05, 4.69) is 52.2 Å². The first kappa shape index (κ1) is 17.4. The van der Waals surface area contributed by atoms with Crippen LogP contribution in [0.1, 0.15) is 30.9 Å². The zero-order valence-electron chi connectivity index (χ0n) is 15.0. The van der Waals surface area contributed by atoms with Gasteiger partial charge in [0.15, 0.2) is 0 Å². The van der Waals surface area contributed by atoms with Crippen molar-refractivity contribution in [3.05, 3.63) is 53.9 Å². The molecule has 1 aromatic heterocycles. The Morgan fingerprint density at radius 2 is 1.88 bits per heavy atom. The minimum atomic E-state index is 0.0827. The molecule has 0 bridgehead atoms. The van der Waals surface area contributed by atoms with Crippen LogP contribution in [0, 0.1) is 12.8 Å². The van der Waals surface area contributed by atoms with Crippen molar-refractivity contribution in [3.8, 4) is 0 Å². The fourth-order valence-electron chi connectivity index (χ4n) is 3.38. The van der Waals surface area contributed by atoms with E-state index in [0.717, 1.165) is 38.3 Å². The molecule has 1 aliphatic heterocycles. The van der Waals surface area contributed by atoms with Gasteiger partial charge in [0.1, 0.15) is 0 Å². The zero-order chi connectivity index (χ0) is 17.6. The van der Waals surface area contributed by atoms with Crippen LogP contribution in [0.5, 0.6) is 0 Å². The van der Waals surface area contributed by atoms with Gasteiger partial charge in [-0.05, 0) is 50.3 Å². The predicted molar refractivity (Wildman–Crippen MR) is 99.5 cm³/mol. The molecule has 1 amide bonds. The fraction of sp³-hybridized carbons (Fsp3) is 0.450. The lowest BCUT2D eigenvalue weighted by molar-refractivity contribution is -0.126. The van der Waals surface area contributed by atoms with Crippen LogP contribution in [0.4, 0.5) is 5.95 Å². The molecule has 1 saturated heterocycles. The van der Waals surface area contributed by atoms with E-state index >= 15 is 0 Å². The average Bonchev–Trinajstić information content (AvgIpc) is 2.64. The quantitative estimate of drug-likeness (QED) is 0.911. The van der Waals surface area contributed by atoms with Crippen molar-refractivity contribution in [2.45, 2.75) is 39.2 Å². The van der Waals surface area contributed by atoms with Crippen molar-refractivity contribution in [1.82, 2.24) is 15.3 Å². The summed E-state index contributed by atoms with van der Waals surface area (Å²) in [5.74, 6) is 1.02. The van der Waals surface area contributed by atoms with Crippen LogP contribution in [-0.4, -0.2) is 35.0 Å². The first-order valence-corrected chi connectivity index (χ1v) is 9.00. The third-order valence-electron chi connectivity index (χ3n) is 4.88. The van der Waals surface area contributed by atoms with Gasteiger partial charge in [0.05, 0.1) is 0 Å². The molecule has 0 saturated carbocycles. The van der Waals surface area contributed by atoms with Crippen molar-refractivity contribution in [1.29, 1.82) is 0 Å². The molecular weight excluding hydrogens is 312 g/mol. The predicted octanol–water partition coefficient (Wildman–Crippen LogP) is 2.75. The molecule has 1 aliphatic rings. The average molecular weight is 338 g/mol. The van der Waals surface area contributed by atoms with Crippen molar-refractivity contribution in [2.24, 2.45) is 5.92 Å². The Morgan fingerprint density at radius 3 is 2.56 bits per heavy atom. The Bertz CT molecular complexity index is 696. The standard InChI is InChI=1S/C20H26N4O/c1-15-6-3-4-7-18(15)14-16(2)23-19(25)17-8-12-24(13-9-17)20-21-10-5-11-22-20/h3-7,10-11,16-17H,8-9,12-14H2,1-2H3,(H,23,25)/t16-/m0/s1. The van der Waals surface area contributed by atoms with Crippen LogP contribution < -0.4 is 10.2 Å². The molecule has 2 heterocycles. The highest BCUT2D eigenvalue weighted by molar-refractivity contribution is 5.79. The Balaban J connectivity index is 1.48. The van der Waals surface area contributed by atoms with Gasteiger partial charge < -0.3 is 10.2 Å². The Morgan fingerprint density at radius 1 is 1.20 bits per heavy atom. The summed E-state index contributed by atoms with van der Waals surface area (Å²) >= 11 is 0. The van der Waals surface area contributed by atoms with Crippen molar-refractivity contribution < 1.29 is 4.79 Å². The van der Waals surface area contributed by atoms with Gasteiger partial charge in [0.25, 0.3) is 0 Å². The number of nitrogens with one attached hydrogen (secondary N) is 1. The maximum Gasteiger partial charge on any atom is 0.225 e. The number of benzene rings is 1. The number of nitrogens with zero attached hydrogens (tertiary/aromatic N) is 3. The highest BCUT2D eigenvalue weighted by Crippen LogP contribution is 2.20. The maximum absolute atomic E-state index is 12.6. The molecule has 0 radical (unpaired) electrons. The van der Waals surface area contributed by atoms with E-state index in [1.54, 1.807) is 12.4 Å². The van der Waals surface area contributed by atoms with Gasteiger partial charge in [0, 0.05) is 37.4 Å². The number of aryl methyl sites for hydroxylation is 1. The van der Waals surface area contributed by atoms with Crippen LogP contribution in [0.25, 0.3) is 0 Å². The molecule has 5 nitrogen and oxygen atoms in total. The van der Waals surface area contributed by atoms with Gasteiger partial charge in [-0.25, -0.2) is 9.97 Å². The van der Waals surface area contributed by atoms with Gasteiger partial charge >= 0.3 is 0 Å². The Kier molecular flexibility index (Phi) is 5.64. The number of carbonyl (C=O) groups excluding carboxylic acids is 1. The van der Waals surface area contributed by atoms with Gasteiger partial charge in [0.2, 0.25) is 11.9 Å². The van der Waals surface area contributed by atoms with E-state index in [-0.39, 0.29) is 17.9 Å². The number of amides is 1. The summed E-state index contributed by atoms with van der Waals surface area (Å²) in [5.41, 5.74) is 2.58. The van der Waals surface area contributed by atoms with E-state index in [9.17, 15) is 4.79 Å². The van der Waals surface area contributed by atoms with Gasteiger partial charge in [-0.2, -0.15) is 0 Å². The largest absolute Gasteiger partial charge is 0.353 e. The molecule has 1 atom stereocenters. The number of hydrogen-bond acceptors (Lipinski definition) is 4. The molecule has 25 heavy (non-hydrogen) atoms. The summed E-state index contributed by atoms with van der Waals surface area (Å²) in [6.45, 7) is 5.85. The van der Waals surface area contributed by atoms with E-state index in [1.807, 2.05) is 12.1 Å². The van der Waals surface area contributed by atoms with E-state index in [0.29, 0.717) is 0 Å². The minimum Gasteiger partial charge on any atom is -0.353 e.